The maximum atomic E-state index is 12.5. The minimum absolute atomic E-state index is 0.148. The summed E-state index contributed by atoms with van der Waals surface area (Å²) in [6.45, 7) is 0. The van der Waals surface area contributed by atoms with Crippen molar-refractivity contribution >= 4 is 33.0 Å². The molecule has 22 heavy (non-hydrogen) atoms. The highest BCUT2D eigenvalue weighted by Gasteiger charge is 2.17. The summed E-state index contributed by atoms with van der Waals surface area (Å²) in [5.41, 5.74) is 0.281. The van der Waals surface area contributed by atoms with Gasteiger partial charge in [-0.1, -0.05) is 18.2 Å². The van der Waals surface area contributed by atoms with Gasteiger partial charge in [0.1, 0.15) is 11.1 Å². The molecule has 7 heteroatoms. The van der Waals surface area contributed by atoms with E-state index in [4.69, 9.17) is 5.26 Å². The van der Waals surface area contributed by atoms with Crippen LogP contribution in [0.25, 0.3) is 10.8 Å². The van der Waals surface area contributed by atoms with Crippen LogP contribution >= 0.6 is 11.3 Å². The van der Waals surface area contributed by atoms with Gasteiger partial charge in [0.25, 0.3) is 11.5 Å². The highest BCUT2D eigenvalue weighted by molar-refractivity contribution is 7.14. The van der Waals surface area contributed by atoms with Crippen molar-refractivity contribution < 1.29 is 4.79 Å². The van der Waals surface area contributed by atoms with Crippen LogP contribution in [0.2, 0.25) is 0 Å². The van der Waals surface area contributed by atoms with Crippen LogP contribution in [-0.2, 0) is 7.05 Å². The molecule has 108 valence electrons. The Morgan fingerprint density at radius 1 is 1.32 bits per heavy atom. The Kier molecular flexibility index (Phi) is 3.45. The number of aromatic nitrogens is 2. The molecule has 0 saturated carbocycles. The van der Waals surface area contributed by atoms with Gasteiger partial charge in [-0.25, -0.2) is 4.68 Å². The van der Waals surface area contributed by atoms with Crippen molar-refractivity contribution in [2.75, 3.05) is 5.32 Å². The molecule has 0 aliphatic carbocycles. The number of carbonyl (C=O) groups is 1. The summed E-state index contributed by atoms with van der Waals surface area (Å²) in [6, 6.07) is 10.5. The summed E-state index contributed by atoms with van der Waals surface area (Å²) >= 11 is 1.26. The van der Waals surface area contributed by atoms with Gasteiger partial charge in [0, 0.05) is 12.4 Å². The Morgan fingerprint density at radius 2 is 2.05 bits per heavy atom. The first-order valence-electron chi connectivity index (χ1n) is 6.37. The second-order valence-electron chi connectivity index (χ2n) is 4.55. The largest absolute Gasteiger partial charge is 0.311 e. The van der Waals surface area contributed by atoms with Crippen molar-refractivity contribution in [3.8, 4) is 6.07 Å². The van der Waals surface area contributed by atoms with Crippen LogP contribution in [-0.4, -0.2) is 15.7 Å². The minimum Gasteiger partial charge on any atom is -0.311 e. The number of hydrogen-bond donors (Lipinski definition) is 1. The summed E-state index contributed by atoms with van der Waals surface area (Å²) in [5, 5.41) is 18.8. The normalized spacial score (nSPS) is 10.4. The van der Waals surface area contributed by atoms with Gasteiger partial charge in [0.05, 0.1) is 10.9 Å². The van der Waals surface area contributed by atoms with Crippen LogP contribution in [0.3, 0.4) is 0 Å². The van der Waals surface area contributed by atoms with Crippen molar-refractivity contribution in [3.05, 3.63) is 57.3 Å². The van der Waals surface area contributed by atoms with Gasteiger partial charge >= 0.3 is 0 Å². The van der Waals surface area contributed by atoms with Crippen molar-refractivity contribution in [1.82, 2.24) is 9.78 Å². The zero-order chi connectivity index (χ0) is 15.7. The third kappa shape index (κ3) is 2.25. The molecule has 1 N–H and O–H groups in total. The van der Waals surface area contributed by atoms with E-state index >= 15 is 0 Å². The first-order chi connectivity index (χ1) is 10.6. The number of hydrogen-bond acceptors (Lipinski definition) is 5. The number of fused-ring (bicyclic) bond motifs is 1. The lowest BCUT2D eigenvalue weighted by Crippen LogP contribution is -2.25. The Morgan fingerprint density at radius 3 is 2.77 bits per heavy atom. The van der Waals surface area contributed by atoms with E-state index in [0.29, 0.717) is 21.3 Å². The molecule has 1 aromatic carbocycles. The van der Waals surface area contributed by atoms with Crippen LogP contribution < -0.4 is 10.9 Å². The first kappa shape index (κ1) is 14.0. The Hall–Kier alpha value is -2.98. The zero-order valence-corrected chi connectivity index (χ0v) is 12.3. The van der Waals surface area contributed by atoms with Gasteiger partial charge in [-0.05, 0) is 17.5 Å². The molecular weight excluding hydrogens is 300 g/mol. The van der Waals surface area contributed by atoms with Crippen LogP contribution in [0.5, 0.6) is 0 Å². The minimum atomic E-state index is -0.453. The van der Waals surface area contributed by atoms with E-state index in [1.165, 1.54) is 18.4 Å². The standard InChI is InChI=1S/C15H10N4O2S/c1-19-15(21)11-5-3-2-4-10(11)12(18-19)13(20)17-14-9(8-16)6-7-22-14/h2-7H,1H3,(H,17,20). The fraction of sp³-hybridized carbons (Fsp3) is 0.0667. The Labute approximate surface area is 129 Å². The second kappa shape index (κ2) is 5.42. The molecule has 0 bridgehead atoms. The Bertz CT molecular complexity index is 981. The molecule has 2 aromatic heterocycles. The van der Waals surface area contributed by atoms with E-state index in [0.717, 1.165) is 4.68 Å². The van der Waals surface area contributed by atoms with Crippen LogP contribution in [0.15, 0.2) is 40.5 Å². The van der Waals surface area contributed by atoms with Crippen molar-refractivity contribution in [1.29, 1.82) is 5.26 Å². The third-order valence-corrected chi connectivity index (χ3v) is 4.01. The molecule has 0 fully saturated rings. The van der Waals surface area contributed by atoms with Crippen molar-refractivity contribution in [2.45, 2.75) is 0 Å². The molecular formula is C15H10N4O2S. The van der Waals surface area contributed by atoms with Gasteiger partial charge in [-0.3, -0.25) is 9.59 Å². The van der Waals surface area contributed by atoms with Crippen molar-refractivity contribution in [3.63, 3.8) is 0 Å². The third-order valence-electron chi connectivity index (χ3n) is 3.18. The number of thiophene rings is 1. The molecule has 0 aliphatic rings. The average Bonchev–Trinajstić information content (AvgIpc) is 2.98. The summed E-state index contributed by atoms with van der Waals surface area (Å²) in [5.74, 6) is -0.453. The highest BCUT2D eigenvalue weighted by atomic mass is 32.1. The smallest absolute Gasteiger partial charge is 0.277 e. The Balaban J connectivity index is 2.11. The number of anilines is 1. The predicted molar refractivity (Wildman–Crippen MR) is 84.0 cm³/mol. The highest BCUT2D eigenvalue weighted by Crippen LogP contribution is 2.23. The van der Waals surface area contributed by atoms with E-state index in [1.807, 2.05) is 6.07 Å². The molecule has 0 aliphatic heterocycles. The molecule has 0 spiro atoms. The van der Waals surface area contributed by atoms with Gasteiger partial charge in [0.2, 0.25) is 0 Å². The first-order valence-corrected chi connectivity index (χ1v) is 7.25. The molecule has 0 radical (unpaired) electrons. The van der Waals surface area contributed by atoms with E-state index in [2.05, 4.69) is 10.4 Å². The van der Waals surface area contributed by atoms with Crippen LogP contribution in [0.1, 0.15) is 16.1 Å². The quantitative estimate of drug-likeness (QED) is 0.785. The van der Waals surface area contributed by atoms with Gasteiger partial charge in [-0.15, -0.1) is 11.3 Å². The van der Waals surface area contributed by atoms with Gasteiger partial charge in [0.15, 0.2) is 5.69 Å². The average molecular weight is 310 g/mol. The summed E-state index contributed by atoms with van der Waals surface area (Å²) < 4.78 is 1.14. The molecule has 0 unspecified atom stereocenters. The summed E-state index contributed by atoms with van der Waals surface area (Å²) in [4.78, 5) is 24.5. The lowest BCUT2D eigenvalue weighted by Gasteiger charge is -2.08. The second-order valence-corrected chi connectivity index (χ2v) is 5.47. The monoisotopic (exact) mass is 310 g/mol. The lowest BCUT2D eigenvalue weighted by atomic mass is 10.1. The topological polar surface area (TPSA) is 87.8 Å². The fourth-order valence-corrected chi connectivity index (χ4v) is 2.86. The number of benzene rings is 1. The molecule has 2 heterocycles. The number of nitriles is 1. The fourth-order valence-electron chi connectivity index (χ4n) is 2.12. The van der Waals surface area contributed by atoms with E-state index < -0.39 is 5.91 Å². The van der Waals surface area contributed by atoms with Gasteiger partial charge in [-0.2, -0.15) is 10.4 Å². The van der Waals surface area contributed by atoms with E-state index in [-0.39, 0.29) is 11.3 Å². The number of nitrogens with zero attached hydrogens (tertiary/aromatic N) is 3. The number of carbonyl (C=O) groups excluding carboxylic acids is 1. The number of nitrogens with one attached hydrogen (secondary N) is 1. The molecule has 6 nitrogen and oxygen atoms in total. The summed E-state index contributed by atoms with van der Waals surface area (Å²) in [7, 11) is 1.50. The lowest BCUT2D eigenvalue weighted by molar-refractivity contribution is 0.102. The number of amides is 1. The molecule has 1 amide bonds. The number of aryl methyl sites for hydroxylation is 1. The predicted octanol–water partition coefficient (Wildman–Crippen LogP) is 2.12. The molecule has 3 aromatic rings. The number of rotatable bonds is 2. The van der Waals surface area contributed by atoms with Crippen LogP contribution in [0, 0.1) is 11.3 Å². The van der Waals surface area contributed by atoms with E-state index in [1.54, 1.807) is 35.7 Å². The molecule has 0 saturated heterocycles. The SMILES string of the molecule is Cn1nc(C(=O)Nc2sccc2C#N)c2ccccc2c1=O. The van der Waals surface area contributed by atoms with Crippen LogP contribution in [0.4, 0.5) is 5.00 Å². The summed E-state index contributed by atoms with van der Waals surface area (Å²) in [6.07, 6.45) is 0. The molecule has 3 rings (SSSR count). The maximum Gasteiger partial charge on any atom is 0.277 e. The van der Waals surface area contributed by atoms with E-state index in [9.17, 15) is 9.59 Å². The van der Waals surface area contributed by atoms with Crippen molar-refractivity contribution in [2.24, 2.45) is 7.05 Å². The molecule has 0 atom stereocenters. The maximum absolute atomic E-state index is 12.5. The van der Waals surface area contributed by atoms with Gasteiger partial charge < -0.3 is 5.32 Å². The zero-order valence-electron chi connectivity index (χ0n) is 11.5.